The number of carbonyl (C=O) groups excluding carboxylic acids is 2. The molecule has 0 saturated carbocycles. The normalized spacial score (nSPS) is 12.3. The highest BCUT2D eigenvalue weighted by atomic mass is 35.5. The second kappa shape index (κ2) is 7.68. The summed E-state index contributed by atoms with van der Waals surface area (Å²) in [7, 11) is 0. The molecule has 0 aliphatic rings. The van der Waals surface area contributed by atoms with Crippen LogP contribution < -0.4 is 5.73 Å². The molecule has 0 bridgehead atoms. The fourth-order valence-corrected chi connectivity index (χ4v) is 3.85. The monoisotopic (exact) mass is 398 g/mol. The zero-order valence-corrected chi connectivity index (χ0v) is 16.9. The van der Waals surface area contributed by atoms with E-state index in [-0.39, 0.29) is 16.7 Å². The van der Waals surface area contributed by atoms with Crippen LogP contribution in [0, 0.1) is 13.8 Å². The molecule has 0 aliphatic heterocycles. The number of amides is 1. The molecule has 2 aromatic carbocycles. The highest BCUT2D eigenvalue weighted by molar-refractivity contribution is 6.33. The summed E-state index contributed by atoms with van der Waals surface area (Å²) in [6.07, 6.45) is 1.31. The van der Waals surface area contributed by atoms with E-state index in [0.29, 0.717) is 34.1 Å². The standard InChI is InChI=1S/C22H23ClN2O3/c1-4-5-15(21(24)27)20-13(3)25(18-11-17(23)19(26)10-16(18)20)22(28)14-8-6-12(2)7-9-14/h6-11,15,26H,4-5H2,1-3H3,(H2,24,27). The lowest BCUT2D eigenvalue weighted by molar-refractivity contribution is -0.119. The van der Waals surface area contributed by atoms with Gasteiger partial charge in [0.05, 0.1) is 16.5 Å². The molecule has 3 rings (SSSR count). The second-order valence-corrected chi connectivity index (χ2v) is 7.48. The lowest BCUT2D eigenvalue weighted by Crippen LogP contribution is -2.22. The Hall–Kier alpha value is -2.79. The van der Waals surface area contributed by atoms with Crippen LogP contribution in [0.5, 0.6) is 5.75 Å². The maximum atomic E-state index is 13.3. The number of aromatic hydroxyl groups is 1. The third-order valence-electron chi connectivity index (χ3n) is 5.09. The van der Waals surface area contributed by atoms with Crippen molar-refractivity contribution in [3.63, 3.8) is 0 Å². The first-order chi connectivity index (χ1) is 13.3. The third-order valence-corrected chi connectivity index (χ3v) is 5.40. The fourth-order valence-electron chi connectivity index (χ4n) is 3.69. The number of halogens is 1. The molecule has 1 heterocycles. The minimum Gasteiger partial charge on any atom is -0.506 e. The van der Waals surface area contributed by atoms with Gasteiger partial charge >= 0.3 is 0 Å². The average Bonchev–Trinajstić information content (AvgIpc) is 2.91. The third kappa shape index (κ3) is 3.38. The Morgan fingerprint density at radius 2 is 1.82 bits per heavy atom. The van der Waals surface area contributed by atoms with Crippen molar-refractivity contribution >= 4 is 34.3 Å². The van der Waals surface area contributed by atoms with E-state index >= 15 is 0 Å². The number of primary amides is 1. The summed E-state index contributed by atoms with van der Waals surface area (Å²) in [4.78, 5) is 25.5. The molecule has 0 saturated heterocycles. The number of aryl methyl sites for hydroxylation is 1. The van der Waals surface area contributed by atoms with Gasteiger partial charge in [0, 0.05) is 16.6 Å². The van der Waals surface area contributed by atoms with Gasteiger partial charge in [0.15, 0.2) is 0 Å². The van der Waals surface area contributed by atoms with Gasteiger partial charge in [-0.1, -0.05) is 42.6 Å². The molecular weight excluding hydrogens is 376 g/mol. The second-order valence-electron chi connectivity index (χ2n) is 7.07. The van der Waals surface area contributed by atoms with Crippen LogP contribution in [0.15, 0.2) is 36.4 Å². The first-order valence-corrected chi connectivity index (χ1v) is 9.58. The van der Waals surface area contributed by atoms with Crippen molar-refractivity contribution in [2.24, 2.45) is 5.73 Å². The molecule has 28 heavy (non-hydrogen) atoms. The van der Waals surface area contributed by atoms with Crippen molar-refractivity contribution in [2.45, 2.75) is 39.5 Å². The quantitative estimate of drug-likeness (QED) is 0.654. The van der Waals surface area contributed by atoms with Crippen LogP contribution in [0.1, 0.15) is 52.9 Å². The van der Waals surface area contributed by atoms with Gasteiger partial charge in [0.25, 0.3) is 5.91 Å². The molecule has 1 aromatic heterocycles. The molecule has 0 fully saturated rings. The Kier molecular flexibility index (Phi) is 5.47. The molecule has 0 radical (unpaired) electrons. The molecule has 146 valence electrons. The number of nitrogens with two attached hydrogens (primary N) is 1. The van der Waals surface area contributed by atoms with Gasteiger partial charge in [-0.05, 0) is 50.1 Å². The van der Waals surface area contributed by atoms with E-state index in [2.05, 4.69) is 0 Å². The van der Waals surface area contributed by atoms with E-state index < -0.39 is 11.8 Å². The number of hydrogen-bond acceptors (Lipinski definition) is 3. The topological polar surface area (TPSA) is 85.3 Å². The molecule has 1 atom stereocenters. The molecule has 1 unspecified atom stereocenters. The average molecular weight is 399 g/mol. The largest absolute Gasteiger partial charge is 0.506 e. The van der Waals surface area contributed by atoms with Crippen molar-refractivity contribution in [1.29, 1.82) is 0 Å². The first kappa shape index (κ1) is 20.0. The maximum Gasteiger partial charge on any atom is 0.262 e. The first-order valence-electron chi connectivity index (χ1n) is 9.20. The van der Waals surface area contributed by atoms with Crippen LogP contribution in [0.2, 0.25) is 5.02 Å². The minimum atomic E-state index is -0.555. The summed E-state index contributed by atoms with van der Waals surface area (Å²) < 4.78 is 1.55. The number of phenols is 1. The van der Waals surface area contributed by atoms with Gasteiger partial charge in [0.2, 0.25) is 5.91 Å². The maximum absolute atomic E-state index is 13.3. The van der Waals surface area contributed by atoms with E-state index in [1.165, 1.54) is 6.07 Å². The fraction of sp³-hybridized carbons (Fsp3) is 0.273. The lowest BCUT2D eigenvalue weighted by Gasteiger charge is -2.14. The molecule has 5 nitrogen and oxygen atoms in total. The van der Waals surface area contributed by atoms with Crippen molar-refractivity contribution in [3.8, 4) is 5.75 Å². The number of carbonyl (C=O) groups is 2. The highest BCUT2D eigenvalue weighted by Crippen LogP contribution is 2.39. The molecular formula is C22H23ClN2O3. The molecule has 0 spiro atoms. The molecule has 1 amide bonds. The van der Waals surface area contributed by atoms with Gasteiger partial charge in [-0.25, -0.2) is 0 Å². The summed E-state index contributed by atoms with van der Waals surface area (Å²) in [5.74, 6) is -1.34. The van der Waals surface area contributed by atoms with Crippen LogP contribution in [-0.2, 0) is 4.79 Å². The number of phenolic OH excluding ortho intramolecular Hbond substituents is 1. The number of rotatable bonds is 5. The van der Waals surface area contributed by atoms with Crippen LogP contribution in [0.25, 0.3) is 10.9 Å². The summed E-state index contributed by atoms with van der Waals surface area (Å²) in [5.41, 5.74) is 9.08. The number of benzene rings is 2. The molecule has 0 aliphatic carbocycles. The van der Waals surface area contributed by atoms with Gasteiger partial charge in [-0.3, -0.25) is 14.2 Å². The van der Waals surface area contributed by atoms with Gasteiger partial charge in [-0.15, -0.1) is 0 Å². The van der Waals surface area contributed by atoms with E-state index in [4.69, 9.17) is 17.3 Å². The predicted octanol–water partition coefficient (Wildman–Crippen LogP) is 4.67. The number of nitrogens with zero attached hydrogens (tertiary/aromatic N) is 1. The van der Waals surface area contributed by atoms with Crippen LogP contribution >= 0.6 is 11.6 Å². The summed E-state index contributed by atoms with van der Waals surface area (Å²) in [6.45, 7) is 5.71. The van der Waals surface area contributed by atoms with Crippen LogP contribution in [0.3, 0.4) is 0 Å². The Morgan fingerprint density at radius 3 is 2.39 bits per heavy atom. The zero-order valence-electron chi connectivity index (χ0n) is 16.1. The molecule has 3 N–H and O–H groups in total. The van der Waals surface area contributed by atoms with Crippen molar-refractivity contribution < 1.29 is 14.7 Å². The van der Waals surface area contributed by atoms with Gasteiger partial charge in [0.1, 0.15) is 5.75 Å². The van der Waals surface area contributed by atoms with E-state index in [1.54, 1.807) is 29.7 Å². The van der Waals surface area contributed by atoms with Crippen LogP contribution in [-0.4, -0.2) is 21.5 Å². The lowest BCUT2D eigenvalue weighted by atomic mass is 9.91. The number of hydrogen-bond donors (Lipinski definition) is 2. The SMILES string of the molecule is CCCC(C(N)=O)c1c(C)n(C(=O)c2ccc(C)cc2)c2cc(Cl)c(O)cc12. The Labute approximate surface area is 168 Å². The van der Waals surface area contributed by atoms with Crippen molar-refractivity contribution in [1.82, 2.24) is 4.57 Å². The number of fused-ring (bicyclic) bond motifs is 1. The summed E-state index contributed by atoms with van der Waals surface area (Å²) >= 11 is 6.13. The van der Waals surface area contributed by atoms with Crippen LogP contribution in [0.4, 0.5) is 0 Å². The van der Waals surface area contributed by atoms with E-state index in [9.17, 15) is 14.7 Å². The Balaban J connectivity index is 2.32. The van der Waals surface area contributed by atoms with Gasteiger partial charge in [-0.2, -0.15) is 0 Å². The smallest absolute Gasteiger partial charge is 0.262 e. The summed E-state index contributed by atoms with van der Waals surface area (Å²) in [6, 6.07) is 10.3. The van der Waals surface area contributed by atoms with Gasteiger partial charge < -0.3 is 10.8 Å². The Morgan fingerprint density at radius 1 is 1.18 bits per heavy atom. The van der Waals surface area contributed by atoms with E-state index in [1.807, 2.05) is 26.0 Å². The van der Waals surface area contributed by atoms with Crippen molar-refractivity contribution in [3.05, 3.63) is 63.8 Å². The Bertz CT molecular complexity index is 1070. The van der Waals surface area contributed by atoms with E-state index in [0.717, 1.165) is 12.0 Å². The number of aromatic nitrogens is 1. The predicted molar refractivity (Wildman–Crippen MR) is 111 cm³/mol. The zero-order chi connectivity index (χ0) is 20.6. The highest BCUT2D eigenvalue weighted by Gasteiger charge is 2.28. The molecule has 3 aromatic rings. The summed E-state index contributed by atoms with van der Waals surface area (Å²) in [5, 5.41) is 10.9. The van der Waals surface area contributed by atoms with Crippen molar-refractivity contribution in [2.75, 3.05) is 0 Å². The molecule has 6 heteroatoms. The minimum absolute atomic E-state index is 0.102.